The highest BCUT2D eigenvalue weighted by Crippen LogP contribution is 2.27. The zero-order valence-corrected chi connectivity index (χ0v) is 17.9. The van der Waals surface area contributed by atoms with Gasteiger partial charge in [-0.05, 0) is 38.5 Å². The maximum atomic E-state index is 10.6. The maximum absolute atomic E-state index is 10.6. The number of hydrogen-bond acceptors (Lipinski definition) is 4. The quantitative estimate of drug-likeness (QED) is 0.325. The predicted octanol–water partition coefficient (Wildman–Crippen LogP) is 2.96. The molecule has 0 saturated carbocycles. The molecule has 2 aromatic rings. The molecule has 0 aliphatic rings. The maximum Gasteiger partial charge on any atom is 0.191 e. The Bertz CT molecular complexity index is 792. The van der Waals surface area contributed by atoms with E-state index in [1.54, 1.807) is 42.2 Å². The normalized spacial score (nSPS) is 13.9. The molecule has 1 atom stereocenters. The monoisotopic (exact) mass is 427 g/mol. The van der Waals surface area contributed by atoms with Crippen LogP contribution in [0, 0.1) is 0 Å². The third-order valence-electron chi connectivity index (χ3n) is 3.98. The number of nitrogens with one attached hydrogen (secondary N) is 2. The van der Waals surface area contributed by atoms with Crippen LogP contribution >= 0.6 is 23.2 Å². The molecule has 3 N–H and O–H groups in total. The van der Waals surface area contributed by atoms with Gasteiger partial charge in [0.2, 0.25) is 0 Å². The van der Waals surface area contributed by atoms with Crippen molar-refractivity contribution in [1.29, 1.82) is 0 Å². The molecule has 7 nitrogen and oxygen atoms in total. The minimum atomic E-state index is -1.09. The lowest BCUT2D eigenvalue weighted by Gasteiger charge is -2.20. The van der Waals surface area contributed by atoms with Gasteiger partial charge < -0.3 is 20.5 Å². The number of rotatable bonds is 9. The molecule has 0 aliphatic heterocycles. The van der Waals surface area contributed by atoms with Crippen LogP contribution in [0.3, 0.4) is 0 Å². The first-order valence-electron chi connectivity index (χ1n) is 9.13. The van der Waals surface area contributed by atoms with Crippen LogP contribution in [0.15, 0.2) is 35.6 Å². The van der Waals surface area contributed by atoms with Gasteiger partial charge in [0.05, 0.1) is 24.4 Å². The molecule has 0 bridgehead atoms. The summed E-state index contributed by atoms with van der Waals surface area (Å²) in [7, 11) is 1.81. The van der Waals surface area contributed by atoms with Gasteiger partial charge in [0.25, 0.3) is 0 Å². The molecule has 28 heavy (non-hydrogen) atoms. The Morgan fingerprint density at radius 2 is 2.14 bits per heavy atom. The predicted molar refractivity (Wildman–Crippen MR) is 113 cm³/mol. The van der Waals surface area contributed by atoms with Gasteiger partial charge in [-0.25, -0.2) is 4.99 Å². The zero-order chi connectivity index (χ0) is 20.6. The van der Waals surface area contributed by atoms with E-state index in [0.717, 1.165) is 18.5 Å². The molecule has 2 rings (SSSR count). The van der Waals surface area contributed by atoms with Crippen LogP contribution in [-0.2, 0) is 12.6 Å². The van der Waals surface area contributed by atoms with Gasteiger partial charge in [-0.2, -0.15) is 5.10 Å². The van der Waals surface area contributed by atoms with Crippen molar-refractivity contribution < 1.29 is 9.84 Å². The van der Waals surface area contributed by atoms with Crippen molar-refractivity contribution in [3.8, 4) is 5.75 Å². The highest BCUT2D eigenvalue weighted by atomic mass is 35.5. The van der Waals surface area contributed by atoms with Crippen LogP contribution < -0.4 is 15.4 Å². The molecule has 1 aromatic heterocycles. The summed E-state index contributed by atoms with van der Waals surface area (Å²) in [5, 5.41) is 22.2. The van der Waals surface area contributed by atoms with E-state index in [-0.39, 0.29) is 6.54 Å². The topological polar surface area (TPSA) is 83.7 Å². The van der Waals surface area contributed by atoms with E-state index in [2.05, 4.69) is 20.7 Å². The minimum absolute atomic E-state index is 0.213. The number of aromatic nitrogens is 2. The second-order valence-corrected chi connectivity index (χ2v) is 7.42. The second kappa shape index (κ2) is 10.5. The molecule has 0 amide bonds. The molecule has 1 aromatic carbocycles. The minimum Gasteiger partial charge on any atom is -0.492 e. The summed E-state index contributed by atoms with van der Waals surface area (Å²) < 4.78 is 7.32. The number of benzene rings is 1. The molecule has 0 aliphatic carbocycles. The fraction of sp³-hybridized carbons (Fsp3) is 0.474. The van der Waals surface area contributed by atoms with E-state index in [1.165, 1.54) is 0 Å². The van der Waals surface area contributed by atoms with E-state index in [4.69, 9.17) is 27.9 Å². The molecule has 0 spiro atoms. The third-order valence-corrected chi connectivity index (χ3v) is 4.51. The fourth-order valence-corrected chi connectivity index (χ4v) is 2.88. The number of ether oxygens (including phenoxy) is 1. The molecule has 0 saturated heterocycles. The van der Waals surface area contributed by atoms with Crippen molar-refractivity contribution in [2.45, 2.75) is 25.9 Å². The van der Waals surface area contributed by atoms with Gasteiger partial charge in [0.15, 0.2) is 5.96 Å². The molecule has 1 unspecified atom stereocenters. The van der Waals surface area contributed by atoms with Crippen molar-refractivity contribution in [3.63, 3.8) is 0 Å². The Hall–Kier alpha value is -1.96. The lowest BCUT2D eigenvalue weighted by atomic mass is 10.0. The van der Waals surface area contributed by atoms with Gasteiger partial charge in [-0.3, -0.25) is 4.68 Å². The fourth-order valence-electron chi connectivity index (χ4n) is 2.42. The Kier molecular flexibility index (Phi) is 8.41. The Morgan fingerprint density at radius 3 is 2.79 bits per heavy atom. The first-order valence-corrected chi connectivity index (χ1v) is 9.89. The second-order valence-electron chi connectivity index (χ2n) is 6.58. The van der Waals surface area contributed by atoms with Crippen LogP contribution in [0.5, 0.6) is 5.75 Å². The van der Waals surface area contributed by atoms with Crippen LogP contribution in [0.1, 0.15) is 25.8 Å². The van der Waals surface area contributed by atoms with E-state index in [1.807, 2.05) is 14.0 Å². The molecule has 0 fully saturated rings. The number of guanidine groups is 1. The molecule has 9 heteroatoms. The van der Waals surface area contributed by atoms with Crippen LogP contribution in [-0.4, -0.2) is 47.1 Å². The smallest absolute Gasteiger partial charge is 0.191 e. The summed E-state index contributed by atoms with van der Waals surface area (Å²) >= 11 is 12.0. The Morgan fingerprint density at radius 1 is 1.36 bits per heavy atom. The molecule has 154 valence electrons. The lowest BCUT2D eigenvalue weighted by Crippen LogP contribution is -2.39. The summed E-state index contributed by atoms with van der Waals surface area (Å²) in [5.41, 5.74) is -0.367. The summed E-state index contributed by atoms with van der Waals surface area (Å²) in [6.45, 7) is 5.80. The summed E-state index contributed by atoms with van der Waals surface area (Å²) in [4.78, 5) is 4.48. The van der Waals surface area contributed by atoms with Gasteiger partial charge in [-0.15, -0.1) is 0 Å². The number of hydrogen-bond donors (Lipinski definition) is 3. The van der Waals surface area contributed by atoms with E-state index >= 15 is 0 Å². The first kappa shape index (κ1) is 22.3. The van der Waals surface area contributed by atoms with Gasteiger partial charge in [0, 0.05) is 36.9 Å². The number of aliphatic imine (C=N–C) groups is 1. The Labute approximate surface area is 175 Å². The number of aryl methyl sites for hydroxylation is 1. The number of aliphatic hydroxyl groups is 1. The van der Waals surface area contributed by atoms with Crippen molar-refractivity contribution in [3.05, 3.63) is 46.2 Å². The van der Waals surface area contributed by atoms with Crippen molar-refractivity contribution in [2.75, 3.05) is 26.2 Å². The molecular formula is C19H27Cl2N5O2. The van der Waals surface area contributed by atoms with E-state index in [9.17, 15) is 5.11 Å². The standard InChI is InChI=1S/C19H27Cl2N5O2/c1-4-22-18(24-13-19(2,27)14-11-25-26(3)12-14)23-8-5-9-28-17-7-6-15(20)10-16(17)21/h6-7,10-12,27H,4-5,8-9,13H2,1-3H3,(H2,22,23,24). The Balaban J connectivity index is 1.81. The highest BCUT2D eigenvalue weighted by Gasteiger charge is 2.24. The summed E-state index contributed by atoms with van der Waals surface area (Å²) in [6.07, 6.45) is 4.19. The van der Waals surface area contributed by atoms with Gasteiger partial charge >= 0.3 is 0 Å². The van der Waals surface area contributed by atoms with Crippen molar-refractivity contribution in [2.24, 2.45) is 12.0 Å². The first-order chi connectivity index (χ1) is 13.3. The number of nitrogens with zero attached hydrogens (tertiary/aromatic N) is 3. The van der Waals surface area contributed by atoms with Crippen LogP contribution in [0.4, 0.5) is 0 Å². The van der Waals surface area contributed by atoms with E-state index < -0.39 is 5.60 Å². The molecular weight excluding hydrogens is 401 g/mol. The number of halogens is 2. The molecule has 1 heterocycles. The van der Waals surface area contributed by atoms with Crippen LogP contribution in [0.2, 0.25) is 10.0 Å². The SMILES string of the molecule is CCNC(=NCC(C)(O)c1cnn(C)c1)NCCCOc1ccc(Cl)cc1Cl. The average Bonchev–Trinajstić information content (AvgIpc) is 3.08. The highest BCUT2D eigenvalue weighted by molar-refractivity contribution is 6.35. The van der Waals surface area contributed by atoms with Gasteiger partial charge in [-0.1, -0.05) is 23.2 Å². The van der Waals surface area contributed by atoms with Gasteiger partial charge in [0.1, 0.15) is 11.4 Å². The average molecular weight is 428 g/mol. The van der Waals surface area contributed by atoms with Crippen molar-refractivity contribution >= 4 is 29.2 Å². The van der Waals surface area contributed by atoms with Crippen molar-refractivity contribution in [1.82, 2.24) is 20.4 Å². The largest absolute Gasteiger partial charge is 0.492 e. The summed E-state index contributed by atoms with van der Waals surface area (Å²) in [5.74, 6) is 1.25. The van der Waals surface area contributed by atoms with E-state index in [0.29, 0.717) is 34.9 Å². The summed E-state index contributed by atoms with van der Waals surface area (Å²) in [6, 6.07) is 5.15. The lowest BCUT2D eigenvalue weighted by molar-refractivity contribution is 0.0672. The molecule has 0 radical (unpaired) electrons. The van der Waals surface area contributed by atoms with Crippen LogP contribution in [0.25, 0.3) is 0 Å². The zero-order valence-electron chi connectivity index (χ0n) is 16.4. The third kappa shape index (κ3) is 6.89.